The number of hydrogen-bond acceptors (Lipinski definition) is 3. The fourth-order valence-electron chi connectivity index (χ4n) is 4.56. The van der Waals surface area contributed by atoms with E-state index < -0.39 is 0 Å². The first-order chi connectivity index (χ1) is 14.0. The molecule has 0 aromatic heterocycles. The summed E-state index contributed by atoms with van der Waals surface area (Å²) in [5.41, 5.74) is 4.43. The molecule has 0 atom stereocenters. The highest BCUT2D eigenvalue weighted by Crippen LogP contribution is 2.35. The van der Waals surface area contributed by atoms with E-state index in [0.29, 0.717) is 17.8 Å². The first kappa shape index (κ1) is 21.6. The lowest BCUT2D eigenvalue weighted by Crippen LogP contribution is -2.37. The first-order valence-corrected chi connectivity index (χ1v) is 11.5. The van der Waals surface area contributed by atoms with Crippen LogP contribution in [0.2, 0.25) is 0 Å². The van der Waals surface area contributed by atoms with Crippen LogP contribution >= 0.6 is 0 Å². The Bertz CT molecular complexity index is 775. The number of benzene rings is 1. The Balaban J connectivity index is 1.83. The third-order valence-corrected chi connectivity index (χ3v) is 6.20. The Morgan fingerprint density at radius 3 is 2.24 bits per heavy atom. The number of carbonyl (C=O) groups excluding carboxylic acids is 2. The van der Waals surface area contributed by atoms with Gasteiger partial charge in [-0.25, -0.2) is 0 Å². The lowest BCUT2D eigenvalue weighted by molar-refractivity contribution is -0.137. The van der Waals surface area contributed by atoms with Crippen LogP contribution in [0.5, 0.6) is 0 Å². The van der Waals surface area contributed by atoms with Gasteiger partial charge >= 0.3 is 0 Å². The highest BCUT2D eigenvalue weighted by molar-refractivity contribution is 6.35. The van der Waals surface area contributed by atoms with Gasteiger partial charge in [0.25, 0.3) is 11.8 Å². The van der Waals surface area contributed by atoms with Gasteiger partial charge in [-0.05, 0) is 50.7 Å². The van der Waals surface area contributed by atoms with E-state index in [9.17, 15) is 9.59 Å². The van der Waals surface area contributed by atoms with Crippen molar-refractivity contribution in [2.75, 3.05) is 19.6 Å². The van der Waals surface area contributed by atoms with Gasteiger partial charge in [-0.3, -0.25) is 14.5 Å². The minimum Gasteiger partial charge on any atom is -0.366 e. The zero-order valence-electron chi connectivity index (χ0n) is 18.4. The van der Waals surface area contributed by atoms with Crippen molar-refractivity contribution in [2.24, 2.45) is 0 Å². The Labute approximate surface area is 176 Å². The number of nitrogens with zero attached hydrogens (tertiary/aromatic N) is 2. The Kier molecular flexibility index (Phi) is 7.51. The van der Waals surface area contributed by atoms with Gasteiger partial charge in [-0.1, -0.05) is 62.8 Å². The maximum absolute atomic E-state index is 13.4. The summed E-state index contributed by atoms with van der Waals surface area (Å²) < 4.78 is 0. The summed E-state index contributed by atoms with van der Waals surface area (Å²) in [6.07, 6.45) is 10.3. The van der Waals surface area contributed by atoms with E-state index in [1.54, 1.807) is 0 Å². The molecule has 2 aliphatic rings. The minimum absolute atomic E-state index is 0.0829. The third kappa shape index (κ3) is 4.91. The Hall–Kier alpha value is -2.10. The van der Waals surface area contributed by atoms with Gasteiger partial charge in [-0.15, -0.1) is 0 Å². The number of rotatable bonds is 9. The fourth-order valence-corrected chi connectivity index (χ4v) is 4.56. The van der Waals surface area contributed by atoms with Crippen molar-refractivity contribution < 1.29 is 9.59 Å². The number of likely N-dealkylation sites (tertiary alicyclic amines) is 1. The van der Waals surface area contributed by atoms with Gasteiger partial charge in [0, 0.05) is 19.6 Å². The second-order valence-electron chi connectivity index (χ2n) is 8.62. The van der Waals surface area contributed by atoms with Crippen LogP contribution in [0.1, 0.15) is 81.4 Å². The second kappa shape index (κ2) is 10.1. The number of unbranched alkanes of at least 4 members (excludes halogenated alkanes) is 5. The van der Waals surface area contributed by atoms with Crippen molar-refractivity contribution in [3.8, 4) is 0 Å². The largest absolute Gasteiger partial charge is 0.366 e. The van der Waals surface area contributed by atoms with E-state index >= 15 is 0 Å². The third-order valence-electron chi connectivity index (χ3n) is 6.20. The van der Waals surface area contributed by atoms with E-state index in [4.69, 9.17) is 0 Å². The lowest BCUT2D eigenvalue weighted by atomic mass is 9.97. The molecule has 4 heteroatoms. The topological polar surface area (TPSA) is 40.6 Å². The van der Waals surface area contributed by atoms with Crippen LogP contribution in [0, 0.1) is 13.8 Å². The summed E-state index contributed by atoms with van der Waals surface area (Å²) in [7, 11) is 0. The molecule has 4 nitrogen and oxygen atoms in total. The monoisotopic (exact) mass is 396 g/mol. The molecule has 1 fully saturated rings. The Morgan fingerprint density at radius 1 is 0.862 bits per heavy atom. The molecule has 2 heterocycles. The zero-order chi connectivity index (χ0) is 20.8. The smallest absolute Gasteiger partial charge is 0.277 e. The van der Waals surface area contributed by atoms with E-state index in [0.717, 1.165) is 49.9 Å². The summed E-state index contributed by atoms with van der Waals surface area (Å²) in [6, 6.07) is 6.16. The van der Waals surface area contributed by atoms with Gasteiger partial charge in [-0.2, -0.15) is 0 Å². The fraction of sp³-hybridized carbons (Fsp3) is 0.600. The van der Waals surface area contributed by atoms with Crippen molar-refractivity contribution >= 4 is 17.4 Å². The molecule has 2 amide bonds. The summed E-state index contributed by atoms with van der Waals surface area (Å²) >= 11 is 0. The average molecular weight is 397 g/mol. The highest BCUT2D eigenvalue weighted by atomic mass is 16.2. The van der Waals surface area contributed by atoms with E-state index in [1.165, 1.54) is 42.6 Å². The molecule has 0 radical (unpaired) electrons. The average Bonchev–Trinajstić information content (AvgIpc) is 2.95. The van der Waals surface area contributed by atoms with Crippen LogP contribution in [0.3, 0.4) is 0 Å². The van der Waals surface area contributed by atoms with Gasteiger partial charge in [0.15, 0.2) is 0 Å². The van der Waals surface area contributed by atoms with Crippen molar-refractivity contribution in [3.63, 3.8) is 0 Å². The van der Waals surface area contributed by atoms with Gasteiger partial charge in [0.05, 0.1) is 5.57 Å². The van der Waals surface area contributed by atoms with Crippen molar-refractivity contribution in [1.29, 1.82) is 0 Å². The zero-order valence-corrected chi connectivity index (χ0v) is 18.4. The minimum atomic E-state index is -0.101. The molecular weight excluding hydrogens is 360 g/mol. The van der Waals surface area contributed by atoms with Crippen LogP contribution in [-0.4, -0.2) is 41.2 Å². The molecule has 1 saturated heterocycles. The summed E-state index contributed by atoms with van der Waals surface area (Å²) in [5, 5.41) is 0. The molecule has 0 spiro atoms. The lowest BCUT2D eigenvalue weighted by Gasteiger charge is -2.29. The number of hydrogen-bond donors (Lipinski definition) is 0. The molecule has 0 saturated carbocycles. The summed E-state index contributed by atoms with van der Waals surface area (Å²) in [4.78, 5) is 30.4. The molecule has 0 N–H and O–H groups in total. The molecule has 0 unspecified atom stereocenters. The normalized spacial score (nSPS) is 17.6. The predicted molar refractivity (Wildman–Crippen MR) is 118 cm³/mol. The van der Waals surface area contributed by atoms with Gasteiger partial charge in [0.1, 0.15) is 5.70 Å². The Morgan fingerprint density at radius 2 is 1.55 bits per heavy atom. The van der Waals surface area contributed by atoms with Crippen LogP contribution < -0.4 is 0 Å². The van der Waals surface area contributed by atoms with Crippen molar-refractivity contribution in [3.05, 3.63) is 40.6 Å². The molecule has 0 bridgehead atoms. The molecule has 3 rings (SSSR count). The molecule has 29 heavy (non-hydrogen) atoms. The molecule has 1 aromatic rings. The van der Waals surface area contributed by atoms with E-state index in [1.807, 2.05) is 19.1 Å². The maximum Gasteiger partial charge on any atom is 0.277 e. The number of aryl methyl sites for hydroxylation is 2. The van der Waals surface area contributed by atoms with Crippen LogP contribution in [0.25, 0.3) is 5.57 Å². The number of piperidine rings is 1. The predicted octanol–water partition coefficient (Wildman–Crippen LogP) is 5.23. The van der Waals surface area contributed by atoms with Crippen molar-refractivity contribution in [1.82, 2.24) is 9.80 Å². The number of amides is 2. The molecule has 158 valence electrons. The quantitative estimate of drug-likeness (QED) is 0.424. The van der Waals surface area contributed by atoms with Crippen LogP contribution in [0.4, 0.5) is 0 Å². The van der Waals surface area contributed by atoms with Gasteiger partial charge < -0.3 is 4.90 Å². The molecule has 0 aliphatic carbocycles. The molecule has 2 aliphatic heterocycles. The molecular formula is C25H36N2O2. The van der Waals surface area contributed by atoms with Crippen LogP contribution in [0.15, 0.2) is 23.9 Å². The van der Waals surface area contributed by atoms with E-state index in [2.05, 4.69) is 24.8 Å². The van der Waals surface area contributed by atoms with Crippen molar-refractivity contribution in [2.45, 2.75) is 78.6 Å². The second-order valence-corrected chi connectivity index (χ2v) is 8.62. The summed E-state index contributed by atoms with van der Waals surface area (Å²) in [5.74, 6) is -0.184. The SMILES string of the molecule is CCCCCCCCN1C(=O)C(c2ccc(C)cc2C)=C(N2CCCCC2)C1=O. The molecule has 1 aromatic carbocycles. The maximum atomic E-state index is 13.4. The van der Waals surface area contributed by atoms with Crippen LogP contribution in [-0.2, 0) is 9.59 Å². The van der Waals surface area contributed by atoms with Gasteiger partial charge in [0.2, 0.25) is 0 Å². The number of imide groups is 1. The summed E-state index contributed by atoms with van der Waals surface area (Å²) in [6.45, 7) is 8.58. The van der Waals surface area contributed by atoms with E-state index in [-0.39, 0.29) is 11.8 Å². The number of carbonyl (C=O) groups is 2. The first-order valence-electron chi connectivity index (χ1n) is 11.5. The highest BCUT2D eigenvalue weighted by Gasteiger charge is 2.41. The standard InChI is InChI=1S/C25H36N2O2/c1-4-5-6-7-8-12-17-27-24(28)22(21-14-13-19(2)18-20(21)3)23(25(27)29)26-15-10-9-11-16-26/h13-14,18H,4-12,15-17H2,1-3H3.